The van der Waals surface area contributed by atoms with Gasteiger partial charge in [-0.05, 0) is 60.3 Å². The first-order chi connectivity index (χ1) is 15.7. The summed E-state index contributed by atoms with van der Waals surface area (Å²) in [5.74, 6) is -0.147. The summed E-state index contributed by atoms with van der Waals surface area (Å²) in [5.41, 5.74) is 3.87. The standard InChI is InChI=1S/C23H19Cl2N3O3S2/c1-14-10-18(28(2)22(14)23(29)15-5-8-19(24)20(25)11-15)12-16-6-7-17(13-26-16)27-33(30,31)21-4-3-9-32-21/h3-11,13,27H,12H2,1-2H3. The normalized spacial score (nSPS) is 11.5. The number of benzene rings is 1. The van der Waals surface area contributed by atoms with Crippen LogP contribution in [0.2, 0.25) is 10.0 Å². The average molecular weight is 520 g/mol. The van der Waals surface area contributed by atoms with Crippen molar-refractivity contribution in [1.82, 2.24) is 9.55 Å². The van der Waals surface area contributed by atoms with Crippen LogP contribution in [0.5, 0.6) is 0 Å². The van der Waals surface area contributed by atoms with Gasteiger partial charge in [-0.1, -0.05) is 29.3 Å². The summed E-state index contributed by atoms with van der Waals surface area (Å²) in [6, 6.07) is 13.4. The highest BCUT2D eigenvalue weighted by Gasteiger charge is 2.20. The third kappa shape index (κ3) is 4.99. The summed E-state index contributed by atoms with van der Waals surface area (Å²) in [6.07, 6.45) is 1.96. The lowest BCUT2D eigenvalue weighted by Gasteiger charge is -2.09. The topological polar surface area (TPSA) is 81.1 Å². The molecule has 1 aromatic carbocycles. The van der Waals surface area contributed by atoms with Crippen molar-refractivity contribution in [2.24, 2.45) is 7.05 Å². The van der Waals surface area contributed by atoms with Gasteiger partial charge in [-0.2, -0.15) is 0 Å². The van der Waals surface area contributed by atoms with E-state index in [9.17, 15) is 13.2 Å². The maximum Gasteiger partial charge on any atom is 0.271 e. The van der Waals surface area contributed by atoms with Crippen LogP contribution in [0, 0.1) is 6.92 Å². The van der Waals surface area contributed by atoms with Gasteiger partial charge in [0.15, 0.2) is 0 Å². The van der Waals surface area contributed by atoms with Crippen LogP contribution in [0.4, 0.5) is 5.69 Å². The van der Waals surface area contributed by atoms with E-state index in [1.165, 1.54) is 6.20 Å². The van der Waals surface area contributed by atoms with Crippen molar-refractivity contribution in [3.63, 3.8) is 0 Å². The van der Waals surface area contributed by atoms with Crippen LogP contribution in [0.1, 0.15) is 33.0 Å². The monoisotopic (exact) mass is 519 g/mol. The molecule has 4 rings (SSSR count). The number of rotatable bonds is 7. The Bertz CT molecular complexity index is 1430. The van der Waals surface area contributed by atoms with Crippen LogP contribution in [-0.4, -0.2) is 23.8 Å². The number of pyridine rings is 1. The Hall–Kier alpha value is -2.65. The van der Waals surface area contributed by atoms with Gasteiger partial charge < -0.3 is 4.57 Å². The molecule has 3 heterocycles. The molecule has 0 amide bonds. The maximum absolute atomic E-state index is 13.1. The van der Waals surface area contributed by atoms with Crippen LogP contribution in [-0.2, 0) is 23.5 Å². The molecule has 0 aliphatic heterocycles. The molecule has 6 nitrogen and oxygen atoms in total. The van der Waals surface area contributed by atoms with E-state index in [4.69, 9.17) is 23.2 Å². The summed E-state index contributed by atoms with van der Waals surface area (Å²) in [5, 5.41) is 2.43. The van der Waals surface area contributed by atoms with Gasteiger partial charge in [0, 0.05) is 30.4 Å². The summed E-state index contributed by atoms with van der Waals surface area (Å²) < 4.78 is 29.3. The van der Waals surface area contributed by atoms with Gasteiger partial charge in [0.05, 0.1) is 27.6 Å². The van der Waals surface area contributed by atoms with E-state index >= 15 is 0 Å². The number of halogens is 2. The van der Waals surface area contributed by atoms with Gasteiger partial charge in [-0.25, -0.2) is 8.42 Å². The second-order valence-corrected chi connectivity index (χ2v) is 11.1. The molecule has 0 aliphatic rings. The molecule has 33 heavy (non-hydrogen) atoms. The third-order valence-electron chi connectivity index (χ3n) is 5.12. The lowest BCUT2D eigenvalue weighted by molar-refractivity contribution is 0.103. The lowest BCUT2D eigenvalue weighted by atomic mass is 10.1. The summed E-state index contributed by atoms with van der Waals surface area (Å²) in [6.45, 7) is 1.88. The van der Waals surface area contributed by atoms with Crippen LogP contribution >= 0.6 is 34.5 Å². The lowest BCUT2D eigenvalue weighted by Crippen LogP contribution is -2.12. The minimum absolute atomic E-state index is 0.147. The number of hydrogen-bond donors (Lipinski definition) is 1. The second kappa shape index (κ2) is 9.30. The molecule has 0 spiro atoms. The van der Waals surface area contributed by atoms with Crippen LogP contribution in [0.25, 0.3) is 0 Å². The summed E-state index contributed by atoms with van der Waals surface area (Å²) in [4.78, 5) is 17.5. The van der Waals surface area contributed by atoms with Gasteiger partial charge in [-0.3, -0.25) is 14.5 Å². The average Bonchev–Trinajstić information content (AvgIpc) is 3.40. The molecule has 0 atom stereocenters. The molecule has 0 unspecified atom stereocenters. The molecular formula is C23H19Cl2N3O3S2. The highest BCUT2D eigenvalue weighted by atomic mass is 35.5. The highest BCUT2D eigenvalue weighted by molar-refractivity contribution is 7.94. The smallest absolute Gasteiger partial charge is 0.271 e. The van der Waals surface area contributed by atoms with Gasteiger partial charge in [0.2, 0.25) is 5.78 Å². The molecule has 0 bridgehead atoms. The van der Waals surface area contributed by atoms with Crippen molar-refractivity contribution in [3.8, 4) is 0 Å². The number of aryl methyl sites for hydroxylation is 1. The quantitative estimate of drug-likeness (QED) is 0.316. The first-order valence-corrected chi connectivity index (χ1v) is 12.9. The van der Waals surface area contributed by atoms with Gasteiger partial charge in [0.1, 0.15) is 4.21 Å². The Kier molecular flexibility index (Phi) is 6.63. The third-order valence-corrected chi connectivity index (χ3v) is 8.64. The van der Waals surface area contributed by atoms with E-state index in [1.807, 2.05) is 24.6 Å². The van der Waals surface area contributed by atoms with Crippen LogP contribution in [0.15, 0.2) is 64.3 Å². The number of thiophene rings is 1. The molecule has 0 radical (unpaired) electrons. The van der Waals surface area contributed by atoms with Crippen molar-refractivity contribution in [2.75, 3.05) is 4.72 Å². The minimum Gasteiger partial charge on any atom is -0.344 e. The molecule has 10 heteroatoms. The summed E-state index contributed by atoms with van der Waals surface area (Å²) in [7, 11) is -1.79. The fraction of sp³-hybridized carbons (Fsp3) is 0.130. The SMILES string of the molecule is Cc1cc(Cc2ccc(NS(=O)(=O)c3cccs3)cn2)n(C)c1C(=O)c1ccc(Cl)c(Cl)c1. The van der Waals surface area contributed by atoms with Crippen molar-refractivity contribution in [1.29, 1.82) is 0 Å². The van der Waals surface area contributed by atoms with Crippen molar-refractivity contribution < 1.29 is 13.2 Å². The van der Waals surface area contributed by atoms with E-state index in [1.54, 1.807) is 47.8 Å². The predicted octanol–water partition coefficient (Wildman–Crippen LogP) is 5.72. The molecule has 0 saturated heterocycles. The number of hydrogen-bond acceptors (Lipinski definition) is 5. The zero-order valence-corrected chi connectivity index (χ0v) is 20.8. The highest BCUT2D eigenvalue weighted by Crippen LogP contribution is 2.26. The number of carbonyl (C=O) groups excluding carboxylic acids is 1. The fourth-order valence-electron chi connectivity index (χ4n) is 3.50. The number of sulfonamides is 1. The van der Waals surface area contributed by atoms with E-state index in [0.717, 1.165) is 28.3 Å². The number of ketones is 1. The fourth-order valence-corrected chi connectivity index (χ4v) is 5.83. The molecule has 0 saturated carbocycles. The molecule has 3 aromatic heterocycles. The largest absolute Gasteiger partial charge is 0.344 e. The number of nitrogens with zero attached hydrogens (tertiary/aromatic N) is 2. The Labute approximate surface area is 205 Å². The van der Waals surface area contributed by atoms with E-state index < -0.39 is 10.0 Å². The zero-order valence-electron chi connectivity index (χ0n) is 17.7. The van der Waals surface area contributed by atoms with Crippen LogP contribution < -0.4 is 4.72 Å². The van der Waals surface area contributed by atoms with Crippen molar-refractivity contribution in [2.45, 2.75) is 17.6 Å². The first kappa shape index (κ1) is 23.5. The molecule has 4 aromatic rings. The number of anilines is 1. The van der Waals surface area contributed by atoms with Crippen molar-refractivity contribution >= 4 is 56.0 Å². The maximum atomic E-state index is 13.1. The first-order valence-electron chi connectivity index (χ1n) is 9.82. The molecule has 170 valence electrons. The zero-order chi connectivity index (χ0) is 23.8. The Morgan fingerprint density at radius 2 is 1.91 bits per heavy atom. The summed E-state index contributed by atoms with van der Waals surface area (Å²) >= 11 is 13.2. The van der Waals surface area contributed by atoms with Crippen LogP contribution in [0.3, 0.4) is 0 Å². The Balaban J connectivity index is 1.53. The van der Waals surface area contributed by atoms with Gasteiger partial charge >= 0.3 is 0 Å². The van der Waals surface area contributed by atoms with E-state index in [0.29, 0.717) is 33.4 Å². The van der Waals surface area contributed by atoms with E-state index in [-0.39, 0.29) is 9.99 Å². The Morgan fingerprint density at radius 1 is 1.12 bits per heavy atom. The molecule has 0 fully saturated rings. The number of carbonyl (C=O) groups is 1. The number of nitrogens with one attached hydrogen (secondary N) is 1. The van der Waals surface area contributed by atoms with Gasteiger partial charge in [0.25, 0.3) is 10.0 Å². The van der Waals surface area contributed by atoms with Crippen molar-refractivity contribution in [3.05, 3.63) is 98.4 Å². The predicted molar refractivity (Wildman–Crippen MR) is 132 cm³/mol. The van der Waals surface area contributed by atoms with Gasteiger partial charge in [-0.15, -0.1) is 11.3 Å². The molecular weight excluding hydrogens is 501 g/mol. The minimum atomic E-state index is -3.62. The Morgan fingerprint density at radius 3 is 2.55 bits per heavy atom. The number of aromatic nitrogens is 2. The second-order valence-electron chi connectivity index (χ2n) is 7.44. The van der Waals surface area contributed by atoms with E-state index in [2.05, 4.69) is 9.71 Å². The molecule has 0 aliphatic carbocycles. The molecule has 1 N–H and O–H groups in total.